The lowest BCUT2D eigenvalue weighted by molar-refractivity contribution is -0.231. The molecule has 0 saturated carbocycles. The molecule has 0 amide bonds. The summed E-state index contributed by atoms with van der Waals surface area (Å²) in [4.78, 5) is 0. The van der Waals surface area contributed by atoms with E-state index < -0.39 is 0 Å². The smallest absolute Gasteiger partial charge is 0.121 e. The van der Waals surface area contributed by atoms with E-state index in [-0.39, 0.29) is 11.7 Å². The summed E-state index contributed by atoms with van der Waals surface area (Å²) in [5.74, 6) is 0.894. The van der Waals surface area contributed by atoms with Gasteiger partial charge >= 0.3 is 0 Å². The van der Waals surface area contributed by atoms with Crippen molar-refractivity contribution < 1.29 is 18.9 Å². The van der Waals surface area contributed by atoms with Gasteiger partial charge in [0.1, 0.15) is 12.4 Å². The Morgan fingerprint density at radius 2 is 2.04 bits per heavy atom. The Labute approximate surface area is 143 Å². The Hall–Kier alpha value is -1.30. The fourth-order valence-electron chi connectivity index (χ4n) is 3.83. The van der Waals surface area contributed by atoms with Crippen LogP contribution in [0.5, 0.6) is 5.75 Å². The fourth-order valence-corrected chi connectivity index (χ4v) is 3.83. The molecule has 0 radical (unpaired) electrons. The second-order valence-corrected chi connectivity index (χ2v) is 7.09. The Bertz CT molecular complexity index is 530. The average molecular weight is 333 g/mol. The summed E-state index contributed by atoms with van der Waals surface area (Å²) in [5, 5.41) is 3.47. The second-order valence-electron chi connectivity index (χ2n) is 7.09. The quantitative estimate of drug-likeness (QED) is 0.867. The molecule has 2 atom stereocenters. The molecule has 0 bridgehead atoms. The minimum absolute atomic E-state index is 0.108. The van der Waals surface area contributed by atoms with Crippen LogP contribution in [-0.2, 0) is 14.2 Å². The van der Waals surface area contributed by atoms with Crippen LogP contribution in [0.4, 0.5) is 5.69 Å². The van der Waals surface area contributed by atoms with E-state index >= 15 is 0 Å². The third-order valence-electron chi connectivity index (χ3n) is 5.25. The van der Waals surface area contributed by atoms with E-state index in [0.717, 1.165) is 69.9 Å². The highest BCUT2D eigenvalue weighted by Crippen LogP contribution is 2.40. The van der Waals surface area contributed by atoms with Gasteiger partial charge in [-0.05, 0) is 37.8 Å². The number of benzene rings is 1. The molecular formula is C19H27NO4. The number of rotatable bonds is 6. The minimum Gasteiger partial charge on any atom is -0.491 e. The third-order valence-corrected chi connectivity index (χ3v) is 5.25. The monoisotopic (exact) mass is 333 g/mol. The number of anilines is 1. The number of ether oxygens (including phenoxy) is 4. The maximum absolute atomic E-state index is 6.14. The predicted molar refractivity (Wildman–Crippen MR) is 91.7 cm³/mol. The van der Waals surface area contributed by atoms with Crippen LogP contribution in [0.1, 0.15) is 32.1 Å². The molecule has 5 nitrogen and oxygen atoms in total. The van der Waals surface area contributed by atoms with Gasteiger partial charge in [0.05, 0.1) is 17.8 Å². The lowest BCUT2D eigenvalue weighted by Crippen LogP contribution is -2.55. The SMILES string of the molecule is c1cc(NCC2CC3(CCOCC3)O2)cc(OCC2CCCO2)c1. The molecule has 2 unspecified atom stereocenters. The second kappa shape index (κ2) is 7.30. The average Bonchev–Trinajstić information content (AvgIpc) is 3.11. The lowest BCUT2D eigenvalue weighted by Gasteiger charge is -2.50. The highest BCUT2D eigenvalue weighted by Gasteiger charge is 2.45. The molecule has 1 spiro atoms. The zero-order valence-electron chi connectivity index (χ0n) is 14.2. The van der Waals surface area contributed by atoms with Gasteiger partial charge in [0.25, 0.3) is 0 Å². The zero-order chi connectivity index (χ0) is 16.2. The summed E-state index contributed by atoms with van der Waals surface area (Å²) >= 11 is 0. The first kappa shape index (κ1) is 16.2. The molecule has 24 heavy (non-hydrogen) atoms. The molecule has 1 N–H and O–H groups in total. The Morgan fingerprint density at radius 1 is 1.17 bits per heavy atom. The van der Waals surface area contributed by atoms with Gasteiger partial charge in [0.2, 0.25) is 0 Å². The van der Waals surface area contributed by atoms with Gasteiger partial charge in [-0.2, -0.15) is 0 Å². The van der Waals surface area contributed by atoms with Crippen molar-refractivity contribution in [3.8, 4) is 5.75 Å². The maximum Gasteiger partial charge on any atom is 0.121 e. The number of hydrogen-bond donors (Lipinski definition) is 1. The molecule has 4 rings (SSSR count). The normalized spacial score (nSPS) is 28.5. The van der Waals surface area contributed by atoms with Gasteiger partial charge in [0.15, 0.2) is 0 Å². The minimum atomic E-state index is 0.108. The first-order valence-corrected chi connectivity index (χ1v) is 9.15. The molecule has 0 aliphatic carbocycles. The molecule has 1 aromatic rings. The van der Waals surface area contributed by atoms with Gasteiger partial charge in [-0.3, -0.25) is 0 Å². The van der Waals surface area contributed by atoms with Crippen LogP contribution in [-0.4, -0.2) is 50.8 Å². The van der Waals surface area contributed by atoms with E-state index in [1.54, 1.807) is 0 Å². The summed E-state index contributed by atoms with van der Waals surface area (Å²) < 4.78 is 23.0. The number of hydrogen-bond acceptors (Lipinski definition) is 5. The maximum atomic E-state index is 6.14. The molecule has 1 aromatic carbocycles. The molecule has 3 aliphatic rings. The first-order valence-electron chi connectivity index (χ1n) is 9.15. The van der Waals surface area contributed by atoms with Gasteiger partial charge in [-0.25, -0.2) is 0 Å². The Morgan fingerprint density at radius 3 is 2.83 bits per heavy atom. The molecule has 3 aliphatic heterocycles. The van der Waals surface area contributed by atoms with E-state index in [9.17, 15) is 0 Å². The summed E-state index contributed by atoms with van der Waals surface area (Å²) in [6.07, 6.45) is 6.01. The van der Waals surface area contributed by atoms with Gasteiger partial charge in [-0.1, -0.05) is 6.07 Å². The van der Waals surface area contributed by atoms with Crippen molar-refractivity contribution in [1.82, 2.24) is 0 Å². The van der Waals surface area contributed by atoms with Crippen molar-refractivity contribution >= 4 is 5.69 Å². The zero-order valence-corrected chi connectivity index (χ0v) is 14.2. The van der Waals surface area contributed by atoms with Gasteiger partial charge in [0, 0.05) is 44.5 Å². The van der Waals surface area contributed by atoms with Crippen LogP contribution in [0.15, 0.2) is 24.3 Å². The third kappa shape index (κ3) is 3.85. The van der Waals surface area contributed by atoms with Crippen molar-refractivity contribution in [3.63, 3.8) is 0 Å². The fraction of sp³-hybridized carbons (Fsp3) is 0.684. The molecule has 3 saturated heterocycles. The summed E-state index contributed by atoms with van der Waals surface area (Å²) in [6.45, 7) is 4.02. The van der Waals surface area contributed by atoms with Crippen molar-refractivity contribution in [2.24, 2.45) is 0 Å². The van der Waals surface area contributed by atoms with Crippen molar-refractivity contribution in [2.45, 2.75) is 49.9 Å². The van der Waals surface area contributed by atoms with Crippen LogP contribution < -0.4 is 10.1 Å². The van der Waals surface area contributed by atoms with Gasteiger partial charge < -0.3 is 24.3 Å². The standard InChI is InChI=1S/C19H27NO4/c1-3-15(11-16(4-1)23-14-17-5-2-8-22-17)20-13-18-12-19(24-18)6-9-21-10-7-19/h1,3-4,11,17-18,20H,2,5-10,12-14H2. The van der Waals surface area contributed by atoms with Gasteiger partial charge in [-0.15, -0.1) is 0 Å². The Balaban J connectivity index is 1.21. The van der Waals surface area contributed by atoms with E-state index in [1.165, 1.54) is 0 Å². The molecule has 132 valence electrons. The predicted octanol–water partition coefficient (Wildman–Crippen LogP) is 2.99. The van der Waals surface area contributed by atoms with Crippen LogP contribution in [0.2, 0.25) is 0 Å². The molecule has 5 heteroatoms. The molecule has 0 aromatic heterocycles. The van der Waals surface area contributed by atoms with Crippen LogP contribution in [0.25, 0.3) is 0 Å². The topological polar surface area (TPSA) is 49.0 Å². The van der Waals surface area contributed by atoms with Crippen LogP contribution >= 0.6 is 0 Å². The van der Waals surface area contributed by atoms with Crippen LogP contribution in [0, 0.1) is 0 Å². The van der Waals surface area contributed by atoms with E-state index in [4.69, 9.17) is 18.9 Å². The largest absolute Gasteiger partial charge is 0.491 e. The van der Waals surface area contributed by atoms with Crippen molar-refractivity contribution in [1.29, 1.82) is 0 Å². The van der Waals surface area contributed by atoms with E-state index in [1.807, 2.05) is 12.1 Å². The highest BCUT2D eigenvalue weighted by molar-refractivity contribution is 5.48. The lowest BCUT2D eigenvalue weighted by atomic mass is 9.82. The molecular weight excluding hydrogens is 306 g/mol. The van der Waals surface area contributed by atoms with Crippen molar-refractivity contribution in [3.05, 3.63) is 24.3 Å². The number of nitrogens with one attached hydrogen (secondary N) is 1. The van der Waals surface area contributed by atoms with Crippen LogP contribution in [0.3, 0.4) is 0 Å². The Kier molecular flexibility index (Phi) is 4.92. The summed E-state index contributed by atoms with van der Waals surface area (Å²) in [5.41, 5.74) is 1.19. The van der Waals surface area contributed by atoms with E-state index in [0.29, 0.717) is 12.7 Å². The first-order chi connectivity index (χ1) is 11.8. The highest BCUT2D eigenvalue weighted by atomic mass is 16.5. The molecule has 3 heterocycles. The molecule has 3 fully saturated rings. The summed E-state index contributed by atoms with van der Waals surface area (Å²) in [7, 11) is 0. The summed E-state index contributed by atoms with van der Waals surface area (Å²) in [6, 6.07) is 8.14. The van der Waals surface area contributed by atoms with E-state index in [2.05, 4.69) is 17.4 Å². The van der Waals surface area contributed by atoms with Crippen molar-refractivity contribution in [2.75, 3.05) is 38.3 Å².